The normalized spacial score (nSPS) is 12.2. The molecule has 1 heterocycles. The van der Waals surface area contributed by atoms with Crippen LogP contribution in [0.5, 0.6) is 5.75 Å². The third kappa shape index (κ3) is 3.41. The van der Waals surface area contributed by atoms with E-state index in [0.29, 0.717) is 17.8 Å². The van der Waals surface area contributed by atoms with Crippen LogP contribution in [0, 0.1) is 6.92 Å². The number of carboxylic acid groups (broad SMARTS) is 1. The van der Waals surface area contributed by atoms with E-state index in [1.807, 2.05) is 30.3 Å². The van der Waals surface area contributed by atoms with Gasteiger partial charge >= 0.3 is 5.97 Å². The lowest BCUT2D eigenvalue weighted by molar-refractivity contribution is 0.0693. The average Bonchev–Trinajstić information content (AvgIpc) is 2.93. The summed E-state index contributed by atoms with van der Waals surface area (Å²) in [6, 6.07) is 14.9. The summed E-state index contributed by atoms with van der Waals surface area (Å²) < 4.78 is 11.2. The third-order valence-corrected chi connectivity index (χ3v) is 3.78. The van der Waals surface area contributed by atoms with Crippen molar-refractivity contribution in [1.82, 2.24) is 0 Å². The van der Waals surface area contributed by atoms with Gasteiger partial charge in [-0.25, -0.2) is 4.79 Å². The summed E-state index contributed by atoms with van der Waals surface area (Å²) in [5, 5.41) is 10.2. The van der Waals surface area contributed by atoms with Gasteiger partial charge in [-0.05, 0) is 37.1 Å². The SMILES string of the molecule is Cc1cc2ccc(OCC(N)Cc3ccccc3)c(C(=O)O)c2o1. The molecule has 1 atom stereocenters. The first-order valence-corrected chi connectivity index (χ1v) is 7.73. The van der Waals surface area contributed by atoms with Crippen molar-refractivity contribution in [2.75, 3.05) is 6.61 Å². The number of hydrogen-bond acceptors (Lipinski definition) is 4. The van der Waals surface area contributed by atoms with Crippen LogP contribution in [0.4, 0.5) is 0 Å². The zero-order chi connectivity index (χ0) is 17.1. The van der Waals surface area contributed by atoms with Crippen molar-refractivity contribution in [3.63, 3.8) is 0 Å². The second-order valence-electron chi connectivity index (χ2n) is 5.78. The fraction of sp³-hybridized carbons (Fsp3) is 0.211. The summed E-state index contributed by atoms with van der Waals surface area (Å²) in [5.41, 5.74) is 7.58. The van der Waals surface area contributed by atoms with Gasteiger partial charge in [0.15, 0.2) is 5.58 Å². The topological polar surface area (TPSA) is 85.7 Å². The van der Waals surface area contributed by atoms with Gasteiger partial charge in [0.2, 0.25) is 0 Å². The second kappa shape index (κ2) is 6.76. The quantitative estimate of drug-likeness (QED) is 0.725. The Morgan fingerprint density at radius 1 is 1.25 bits per heavy atom. The van der Waals surface area contributed by atoms with Crippen LogP contribution < -0.4 is 10.5 Å². The Morgan fingerprint density at radius 2 is 2.00 bits per heavy atom. The minimum Gasteiger partial charge on any atom is -0.491 e. The minimum atomic E-state index is -1.08. The molecule has 3 rings (SSSR count). The molecule has 0 radical (unpaired) electrons. The summed E-state index contributed by atoms with van der Waals surface area (Å²) in [6.45, 7) is 2.00. The van der Waals surface area contributed by atoms with Gasteiger partial charge in [0.25, 0.3) is 0 Å². The van der Waals surface area contributed by atoms with E-state index in [1.165, 1.54) is 0 Å². The van der Waals surface area contributed by atoms with Crippen molar-refractivity contribution < 1.29 is 19.1 Å². The largest absolute Gasteiger partial charge is 0.491 e. The second-order valence-corrected chi connectivity index (χ2v) is 5.78. The maximum absolute atomic E-state index is 11.6. The van der Waals surface area contributed by atoms with Crippen LogP contribution in [0.15, 0.2) is 52.9 Å². The van der Waals surface area contributed by atoms with Gasteiger partial charge in [0.1, 0.15) is 23.7 Å². The molecule has 24 heavy (non-hydrogen) atoms. The first kappa shape index (κ1) is 16.1. The maximum atomic E-state index is 11.6. The maximum Gasteiger partial charge on any atom is 0.343 e. The van der Waals surface area contributed by atoms with Crippen LogP contribution in [-0.4, -0.2) is 23.7 Å². The number of hydrogen-bond donors (Lipinski definition) is 2. The van der Waals surface area contributed by atoms with Crippen molar-refractivity contribution in [2.45, 2.75) is 19.4 Å². The predicted molar refractivity (Wildman–Crippen MR) is 91.5 cm³/mol. The zero-order valence-corrected chi connectivity index (χ0v) is 13.4. The molecule has 2 aromatic carbocycles. The number of carboxylic acids is 1. The molecule has 0 aliphatic heterocycles. The standard InChI is InChI=1S/C19H19NO4/c1-12-9-14-7-8-16(17(19(21)22)18(14)24-12)23-11-15(20)10-13-5-3-2-4-6-13/h2-9,15H,10-11,20H2,1H3,(H,21,22). The molecule has 0 fully saturated rings. The van der Waals surface area contributed by atoms with E-state index in [9.17, 15) is 9.90 Å². The van der Waals surface area contributed by atoms with Crippen LogP contribution in [-0.2, 0) is 6.42 Å². The summed E-state index contributed by atoms with van der Waals surface area (Å²) in [6.07, 6.45) is 0.658. The summed E-state index contributed by atoms with van der Waals surface area (Å²) in [7, 11) is 0. The average molecular weight is 325 g/mol. The Balaban J connectivity index is 1.77. The van der Waals surface area contributed by atoms with Crippen molar-refractivity contribution in [1.29, 1.82) is 0 Å². The number of carbonyl (C=O) groups is 1. The van der Waals surface area contributed by atoms with Crippen molar-refractivity contribution >= 4 is 16.9 Å². The lowest BCUT2D eigenvalue weighted by Crippen LogP contribution is -2.30. The van der Waals surface area contributed by atoms with Crippen LogP contribution in [0.3, 0.4) is 0 Å². The molecular formula is C19H19NO4. The summed E-state index contributed by atoms with van der Waals surface area (Å²) >= 11 is 0. The fourth-order valence-corrected chi connectivity index (χ4v) is 2.71. The molecule has 0 bridgehead atoms. The molecule has 3 N–H and O–H groups in total. The molecule has 3 aromatic rings. The lowest BCUT2D eigenvalue weighted by Gasteiger charge is -2.15. The predicted octanol–water partition coefficient (Wildman–Crippen LogP) is 3.39. The van der Waals surface area contributed by atoms with Crippen molar-refractivity contribution in [3.05, 3.63) is 65.4 Å². The molecular weight excluding hydrogens is 306 g/mol. The van der Waals surface area contributed by atoms with E-state index in [1.54, 1.807) is 25.1 Å². The summed E-state index contributed by atoms with van der Waals surface area (Å²) in [4.78, 5) is 11.6. The number of fused-ring (bicyclic) bond motifs is 1. The molecule has 0 aliphatic rings. The zero-order valence-electron chi connectivity index (χ0n) is 13.4. The number of ether oxygens (including phenoxy) is 1. The lowest BCUT2D eigenvalue weighted by atomic mass is 10.1. The highest BCUT2D eigenvalue weighted by Gasteiger charge is 2.20. The van der Waals surface area contributed by atoms with Gasteiger partial charge in [-0.2, -0.15) is 0 Å². The molecule has 0 saturated heterocycles. The Labute approximate surface area is 139 Å². The van der Waals surface area contributed by atoms with E-state index in [-0.39, 0.29) is 24.0 Å². The first-order chi connectivity index (χ1) is 11.5. The third-order valence-electron chi connectivity index (χ3n) is 3.78. The van der Waals surface area contributed by atoms with Gasteiger partial charge in [0.05, 0.1) is 0 Å². The van der Waals surface area contributed by atoms with Gasteiger partial charge in [-0.3, -0.25) is 0 Å². The number of aryl methyl sites for hydroxylation is 1. The number of furan rings is 1. The Bertz CT molecular complexity index is 854. The van der Waals surface area contributed by atoms with Crippen LogP contribution >= 0.6 is 0 Å². The Hall–Kier alpha value is -2.79. The molecule has 0 saturated carbocycles. The van der Waals surface area contributed by atoms with Crippen LogP contribution in [0.1, 0.15) is 21.7 Å². The molecule has 1 aromatic heterocycles. The van der Waals surface area contributed by atoms with E-state index in [2.05, 4.69) is 0 Å². The van der Waals surface area contributed by atoms with Crippen LogP contribution in [0.2, 0.25) is 0 Å². The van der Waals surface area contributed by atoms with E-state index in [4.69, 9.17) is 14.9 Å². The van der Waals surface area contributed by atoms with E-state index >= 15 is 0 Å². The van der Waals surface area contributed by atoms with E-state index in [0.717, 1.165) is 10.9 Å². The minimum absolute atomic E-state index is 0.0347. The molecule has 0 aliphatic carbocycles. The van der Waals surface area contributed by atoms with E-state index < -0.39 is 5.97 Å². The Kier molecular flexibility index (Phi) is 4.53. The van der Waals surface area contributed by atoms with Gasteiger partial charge in [0, 0.05) is 11.4 Å². The molecule has 5 heteroatoms. The highest BCUT2D eigenvalue weighted by Crippen LogP contribution is 2.30. The smallest absolute Gasteiger partial charge is 0.343 e. The molecule has 5 nitrogen and oxygen atoms in total. The highest BCUT2D eigenvalue weighted by molar-refractivity contribution is 6.04. The molecule has 0 amide bonds. The summed E-state index contributed by atoms with van der Waals surface area (Å²) in [5.74, 6) is -0.153. The molecule has 0 spiro atoms. The van der Waals surface area contributed by atoms with Crippen LogP contribution in [0.25, 0.3) is 11.0 Å². The fourth-order valence-electron chi connectivity index (χ4n) is 2.71. The highest BCUT2D eigenvalue weighted by atomic mass is 16.5. The number of benzene rings is 2. The van der Waals surface area contributed by atoms with Gasteiger partial charge in [-0.1, -0.05) is 30.3 Å². The van der Waals surface area contributed by atoms with Gasteiger partial charge < -0.3 is 20.0 Å². The molecule has 1 unspecified atom stereocenters. The number of rotatable bonds is 6. The first-order valence-electron chi connectivity index (χ1n) is 7.73. The number of aromatic carboxylic acids is 1. The number of nitrogens with two attached hydrogens (primary N) is 1. The van der Waals surface area contributed by atoms with Crippen molar-refractivity contribution in [3.8, 4) is 5.75 Å². The monoisotopic (exact) mass is 325 g/mol. The van der Waals surface area contributed by atoms with Crippen molar-refractivity contribution in [2.24, 2.45) is 5.73 Å². The van der Waals surface area contributed by atoms with Gasteiger partial charge in [-0.15, -0.1) is 0 Å². The molecule has 124 valence electrons. The Morgan fingerprint density at radius 3 is 2.71 bits per heavy atom.